The molecule has 1 saturated carbocycles. The maximum atomic E-state index is 13.6. The summed E-state index contributed by atoms with van der Waals surface area (Å²) in [7, 11) is 0. The Morgan fingerprint density at radius 3 is 2.40 bits per heavy atom. The van der Waals surface area contributed by atoms with Crippen molar-refractivity contribution in [1.29, 1.82) is 0 Å². The summed E-state index contributed by atoms with van der Waals surface area (Å²) < 4.78 is 41.2. The standard InChI is InChI=1S/C27H33F3N2O2.C4H7NO3/c1-5-22(16-13-20(3)34-27(28,29)30)24-25(33)32(18-17-21-14-11-19(2)12-15-21)26(4,31-24)23-9-7-6-8-10-23;6-3-5-2-1-4(7)8/h5,11-16,23H,3,6-10,17-18H2,1-2,4H3;3H,1-2H2,(H,5,6)(H,7,8)/b16-13-,22-5+;. The van der Waals surface area contributed by atoms with Crippen LogP contribution in [0.15, 0.2) is 65.4 Å². The number of aryl methyl sites for hydroxylation is 1. The predicted molar refractivity (Wildman–Crippen MR) is 155 cm³/mol. The Balaban J connectivity index is 0.000000675. The molecule has 11 heteroatoms. The van der Waals surface area contributed by atoms with Crippen LogP contribution in [-0.4, -0.2) is 59.1 Å². The normalized spacial score (nSPS) is 19.7. The van der Waals surface area contributed by atoms with Crippen molar-refractivity contribution in [3.05, 3.63) is 71.5 Å². The van der Waals surface area contributed by atoms with Crippen LogP contribution in [0.5, 0.6) is 0 Å². The zero-order valence-electron chi connectivity index (χ0n) is 24.4. The Labute approximate surface area is 245 Å². The van der Waals surface area contributed by atoms with E-state index in [9.17, 15) is 27.6 Å². The van der Waals surface area contributed by atoms with Gasteiger partial charge in [-0.05, 0) is 57.7 Å². The number of halogens is 3. The number of carbonyl (C=O) groups excluding carboxylic acids is 2. The minimum atomic E-state index is -4.81. The second-order valence-electron chi connectivity index (χ2n) is 10.4. The summed E-state index contributed by atoms with van der Waals surface area (Å²) in [5, 5.41) is 10.2. The number of amides is 2. The van der Waals surface area contributed by atoms with Crippen molar-refractivity contribution in [2.24, 2.45) is 10.9 Å². The molecule has 2 N–H and O–H groups in total. The molecule has 1 unspecified atom stereocenters. The molecule has 42 heavy (non-hydrogen) atoms. The van der Waals surface area contributed by atoms with Gasteiger partial charge in [0.2, 0.25) is 6.41 Å². The van der Waals surface area contributed by atoms with Gasteiger partial charge in [-0.1, -0.05) is 61.7 Å². The molecule has 3 rings (SSSR count). The van der Waals surface area contributed by atoms with Crippen LogP contribution in [0.2, 0.25) is 0 Å². The maximum Gasteiger partial charge on any atom is 0.573 e. The van der Waals surface area contributed by atoms with Gasteiger partial charge in [-0.15, -0.1) is 13.2 Å². The Bertz CT molecular complexity index is 1190. The molecule has 8 nitrogen and oxygen atoms in total. The number of benzene rings is 1. The van der Waals surface area contributed by atoms with Crippen molar-refractivity contribution < 1.29 is 37.4 Å². The summed E-state index contributed by atoms with van der Waals surface area (Å²) >= 11 is 0. The zero-order chi connectivity index (χ0) is 31.3. The number of hydrogen-bond acceptors (Lipinski definition) is 5. The molecule has 1 aromatic rings. The van der Waals surface area contributed by atoms with Crippen molar-refractivity contribution in [2.75, 3.05) is 13.1 Å². The topological polar surface area (TPSA) is 108 Å². The van der Waals surface area contributed by atoms with E-state index in [1.54, 1.807) is 13.0 Å². The summed E-state index contributed by atoms with van der Waals surface area (Å²) in [5.41, 5.74) is 2.37. The average molecular weight is 592 g/mol. The van der Waals surface area contributed by atoms with Gasteiger partial charge < -0.3 is 20.1 Å². The number of aliphatic carboxylic acids is 1. The smallest absolute Gasteiger partial charge is 0.481 e. The highest BCUT2D eigenvalue weighted by molar-refractivity contribution is 6.47. The van der Waals surface area contributed by atoms with Crippen LogP contribution in [0.1, 0.15) is 63.5 Å². The lowest BCUT2D eigenvalue weighted by Gasteiger charge is -2.41. The van der Waals surface area contributed by atoms with E-state index in [0.29, 0.717) is 24.9 Å². The first-order chi connectivity index (χ1) is 19.8. The molecule has 1 heterocycles. The van der Waals surface area contributed by atoms with Gasteiger partial charge in [-0.3, -0.25) is 19.4 Å². The number of nitrogens with zero attached hydrogens (tertiary/aromatic N) is 2. The van der Waals surface area contributed by atoms with Gasteiger partial charge in [-0.2, -0.15) is 0 Å². The molecule has 0 radical (unpaired) electrons. The molecule has 0 bridgehead atoms. The number of carboxylic acids is 1. The first-order valence-electron chi connectivity index (χ1n) is 14.0. The number of allylic oxidation sites excluding steroid dienone is 3. The lowest BCUT2D eigenvalue weighted by Crippen LogP contribution is -2.51. The highest BCUT2D eigenvalue weighted by Gasteiger charge is 2.48. The molecule has 2 aliphatic rings. The third-order valence-corrected chi connectivity index (χ3v) is 7.30. The number of aliphatic imine (C=N–C) groups is 1. The number of ether oxygens (including phenoxy) is 1. The molecule has 1 aliphatic carbocycles. The Morgan fingerprint density at radius 2 is 1.86 bits per heavy atom. The Kier molecular flexibility index (Phi) is 13.0. The Hall–Kier alpha value is -3.89. The first kappa shape index (κ1) is 34.3. The molecule has 1 atom stereocenters. The fourth-order valence-corrected chi connectivity index (χ4v) is 5.06. The van der Waals surface area contributed by atoms with E-state index in [0.717, 1.165) is 37.3 Å². The quantitative estimate of drug-likeness (QED) is 0.137. The van der Waals surface area contributed by atoms with Gasteiger partial charge in [0.1, 0.15) is 17.1 Å². The van der Waals surface area contributed by atoms with Crippen LogP contribution in [0.4, 0.5) is 13.2 Å². The fourth-order valence-electron chi connectivity index (χ4n) is 5.06. The molecular weight excluding hydrogens is 551 g/mol. The van der Waals surface area contributed by atoms with Gasteiger partial charge in [0.25, 0.3) is 5.91 Å². The van der Waals surface area contributed by atoms with Crippen molar-refractivity contribution in [3.63, 3.8) is 0 Å². The third kappa shape index (κ3) is 10.5. The average Bonchev–Trinajstić information content (AvgIpc) is 3.19. The summed E-state index contributed by atoms with van der Waals surface area (Å²) in [6.07, 6.45) is 5.95. The molecular formula is C31H40F3N3O5. The molecule has 230 valence electrons. The second kappa shape index (κ2) is 15.9. The van der Waals surface area contributed by atoms with Crippen LogP contribution in [-0.2, 0) is 25.5 Å². The molecule has 0 aromatic heterocycles. The van der Waals surface area contributed by atoms with E-state index in [-0.39, 0.29) is 30.5 Å². The third-order valence-electron chi connectivity index (χ3n) is 7.30. The first-order valence-corrected chi connectivity index (χ1v) is 14.0. The summed E-state index contributed by atoms with van der Waals surface area (Å²) in [6, 6.07) is 8.26. The SMILES string of the molecule is C=C(/C=C\C(=C/C)C1=NC(C)(C2CCCCC2)N(CCc2ccc(C)cc2)C1=O)OC(F)(F)F.O=CNCCC(=O)O. The van der Waals surface area contributed by atoms with E-state index in [1.807, 2.05) is 18.7 Å². The van der Waals surface area contributed by atoms with E-state index in [4.69, 9.17) is 10.1 Å². The van der Waals surface area contributed by atoms with Crippen molar-refractivity contribution in [3.8, 4) is 0 Å². The van der Waals surface area contributed by atoms with Gasteiger partial charge >= 0.3 is 12.3 Å². The zero-order valence-corrected chi connectivity index (χ0v) is 24.4. The molecule has 1 aromatic carbocycles. The van der Waals surface area contributed by atoms with Crippen LogP contribution < -0.4 is 5.32 Å². The van der Waals surface area contributed by atoms with Gasteiger partial charge in [-0.25, -0.2) is 0 Å². The van der Waals surface area contributed by atoms with E-state index in [1.165, 1.54) is 18.1 Å². The predicted octanol–water partition coefficient (Wildman–Crippen LogP) is 5.88. The van der Waals surface area contributed by atoms with E-state index < -0.39 is 23.8 Å². The number of carboxylic acid groups (broad SMARTS) is 1. The number of alkyl halides is 3. The largest absolute Gasteiger partial charge is 0.573 e. The van der Waals surface area contributed by atoms with Gasteiger partial charge in [0, 0.05) is 24.6 Å². The molecule has 1 fully saturated rings. The lowest BCUT2D eigenvalue weighted by atomic mass is 9.80. The summed E-state index contributed by atoms with van der Waals surface area (Å²) in [6.45, 7) is 9.80. The van der Waals surface area contributed by atoms with E-state index in [2.05, 4.69) is 40.9 Å². The number of nitrogens with one attached hydrogen (secondary N) is 1. The molecule has 1 aliphatic heterocycles. The summed E-state index contributed by atoms with van der Waals surface area (Å²) in [4.78, 5) is 39.6. The van der Waals surface area contributed by atoms with Crippen molar-refractivity contribution >= 4 is 24.0 Å². The fraction of sp³-hybridized carbons (Fsp3) is 0.484. The van der Waals surface area contributed by atoms with E-state index >= 15 is 0 Å². The lowest BCUT2D eigenvalue weighted by molar-refractivity contribution is -0.303. The summed E-state index contributed by atoms with van der Waals surface area (Å²) in [5.74, 6) is -1.41. The highest BCUT2D eigenvalue weighted by atomic mass is 19.4. The number of rotatable bonds is 12. The van der Waals surface area contributed by atoms with Crippen LogP contribution in [0.25, 0.3) is 0 Å². The highest BCUT2D eigenvalue weighted by Crippen LogP contribution is 2.41. The molecule has 0 saturated heterocycles. The minimum absolute atomic E-state index is 0.0151. The van der Waals surface area contributed by atoms with Crippen molar-refractivity contribution in [2.45, 2.75) is 77.7 Å². The maximum absolute atomic E-state index is 13.6. The van der Waals surface area contributed by atoms with Gasteiger partial charge in [0.15, 0.2) is 0 Å². The molecule has 0 spiro atoms. The van der Waals surface area contributed by atoms with Crippen LogP contribution in [0.3, 0.4) is 0 Å². The second-order valence-corrected chi connectivity index (χ2v) is 10.4. The number of hydrogen-bond donors (Lipinski definition) is 2. The Morgan fingerprint density at radius 1 is 1.21 bits per heavy atom. The molecule has 2 amide bonds. The minimum Gasteiger partial charge on any atom is -0.481 e. The van der Waals surface area contributed by atoms with Gasteiger partial charge in [0.05, 0.1) is 6.42 Å². The van der Waals surface area contributed by atoms with Crippen LogP contribution >= 0.6 is 0 Å². The van der Waals surface area contributed by atoms with Crippen molar-refractivity contribution in [1.82, 2.24) is 10.2 Å². The van der Waals surface area contributed by atoms with Crippen LogP contribution in [0, 0.1) is 12.8 Å². The monoisotopic (exact) mass is 591 g/mol. The number of carbonyl (C=O) groups is 3.